The molecule has 0 aliphatic carbocycles. The number of aromatic nitrogens is 2. The van der Waals surface area contributed by atoms with Crippen LogP contribution in [0, 0.1) is 12.1 Å². The van der Waals surface area contributed by atoms with Gasteiger partial charge in [0.25, 0.3) is 0 Å². The molecule has 5 heteroatoms. The molecule has 0 amide bonds. The fraction of sp³-hybridized carbons (Fsp3) is 0.0286. The van der Waals surface area contributed by atoms with Crippen molar-refractivity contribution in [2.45, 2.75) is 6.92 Å². The molecule has 0 atom stereocenters. The molecule has 4 aromatic carbocycles. The SMILES string of the molecule is CC(=Nc1cc2ccccc2cc1C=[N-])c1[c-]ccnc1.[Ir+3].[c-]1ccccc1-c1cc(-c2ccccc2)ccn1. The van der Waals surface area contributed by atoms with Crippen molar-refractivity contribution in [2.75, 3.05) is 0 Å². The van der Waals surface area contributed by atoms with E-state index < -0.39 is 0 Å². The van der Waals surface area contributed by atoms with Crippen LogP contribution >= 0.6 is 0 Å². The molecule has 0 spiro atoms. The summed E-state index contributed by atoms with van der Waals surface area (Å²) in [5.74, 6) is 0. The van der Waals surface area contributed by atoms with Crippen molar-refractivity contribution in [3.05, 3.63) is 156 Å². The number of fused-ring (bicyclic) bond motifs is 1. The summed E-state index contributed by atoms with van der Waals surface area (Å²) >= 11 is 0. The third-order valence-electron chi connectivity index (χ3n) is 6.17. The zero-order chi connectivity index (χ0) is 26.9. The third-order valence-corrected chi connectivity index (χ3v) is 6.17. The van der Waals surface area contributed by atoms with Crippen LogP contribution in [0.1, 0.15) is 18.1 Å². The normalized spacial score (nSPS) is 10.7. The largest absolute Gasteiger partial charge is 3.00 e. The van der Waals surface area contributed by atoms with Gasteiger partial charge in [0.1, 0.15) is 0 Å². The fourth-order valence-corrected chi connectivity index (χ4v) is 4.15. The Balaban J connectivity index is 0.000000182. The molecule has 0 saturated heterocycles. The van der Waals surface area contributed by atoms with E-state index in [0.29, 0.717) is 5.56 Å². The van der Waals surface area contributed by atoms with Crippen LogP contribution in [0.5, 0.6) is 0 Å². The Bertz CT molecular complexity index is 1660. The van der Waals surface area contributed by atoms with Crippen LogP contribution in [0.25, 0.3) is 38.6 Å². The molecule has 4 nitrogen and oxygen atoms in total. The molecule has 0 fully saturated rings. The Labute approximate surface area is 248 Å². The van der Waals surface area contributed by atoms with Gasteiger partial charge in [-0.25, -0.2) is 0 Å². The van der Waals surface area contributed by atoms with Crippen LogP contribution in [-0.4, -0.2) is 21.9 Å². The molecule has 2 aromatic heterocycles. The summed E-state index contributed by atoms with van der Waals surface area (Å²) in [6, 6.07) is 42.3. The molecular formula is C35H25IrN4. The van der Waals surface area contributed by atoms with Gasteiger partial charge in [-0.1, -0.05) is 80.0 Å². The number of aliphatic imine (C=N–C) groups is 1. The van der Waals surface area contributed by atoms with E-state index in [1.165, 1.54) is 11.1 Å². The first-order valence-electron chi connectivity index (χ1n) is 12.6. The first-order chi connectivity index (χ1) is 19.2. The first kappa shape index (κ1) is 28.4. The van der Waals surface area contributed by atoms with Gasteiger partial charge in [0.2, 0.25) is 0 Å². The van der Waals surface area contributed by atoms with E-state index in [2.05, 4.69) is 45.3 Å². The molecule has 0 radical (unpaired) electrons. The number of hydrogen-bond acceptors (Lipinski definition) is 3. The molecular weight excluding hydrogens is 669 g/mol. The monoisotopic (exact) mass is 694 g/mol. The number of benzene rings is 4. The Morgan fingerprint density at radius 2 is 1.52 bits per heavy atom. The van der Waals surface area contributed by atoms with Crippen molar-refractivity contribution in [3.8, 4) is 22.4 Å². The van der Waals surface area contributed by atoms with E-state index in [1.54, 1.807) is 18.5 Å². The molecule has 6 rings (SSSR count). The fourth-order valence-electron chi connectivity index (χ4n) is 4.15. The summed E-state index contributed by atoms with van der Waals surface area (Å²) in [6.07, 6.45) is 6.34. The van der Waals surface area contributed by atoms with Crippen LogP contribution < -0.4 is 0 Å². The molecule has 0 N–H and O–H groups in total. The maximum Gasteiger partial charge on any atom is 3.00 e. The van der Waals surface area contributed by atoms with Gasteiger partial charge >= 0.3 is 20.1 Å². The number of nitrogens with zero attached hydrogens (tertiary/aromatic N) is 4. The van der Waals surface area contributed by atoms with Gasteiger partial charge < -0.3 is 20.4 Å². The molecule has 0 unspecified atom stereocenters. The Morgan fingerprint density at radius 3 is 2.23 bits per heavy atom. The minimum absolute atomic E-state index is 0. The Morgan fingerprint density at radius 1 is 0.775 bits per heavy atom. The number of pyridine rings is 2. The third kappa shape index (κ3) is 7.09. The predicted octanol–water partition coefficient (Wildman–Crippen LogP) is 8.38. The summed E-state index contributed by atoms with van der Waals surface area (Å²) in [7, 11) is 0. The van der Waals surface area contributed by atoms with Crippen molar-refractivity contribution >= 4 is 28.4 Å². The van der Waals surface area contributed by atoms with Crippen molar-refractivity contribution in [1.29, 1.82) is 0 Å². The van der Waals surface area contributed by atoms with Crippen molar-refractivity contribution in [2.24, 2.45) is 4.99 Å². The average Bonchev–Trinajstić information content (AvgIpc) is 3.02. The van der Waals surface area contributed by atoms with Crippen molar-refractivity contribution in [3.63, 3.8) is 0 Å². The first-order valence-corrected chi connectivity index (χ1v) is 12.6. The average molecular weight is 694 g/mol. The van der Waals surface area contributed by atoms with Gasteiger partial charge in [0.15, 0.2) is 0 Å². The zero-order valence-electron chi connectivity index (χ0n) is 21.8. The van der Waals surface area contributed by atoms with Crippen LogP contribution in [-0.2, 0) is 20.1 Å². The Hall–Kier alpha value is -4.57. The molecule has 6 aromatic rings. The van der Waals surface area contributed by atoms with Gasteiger partial charge in [-0.15, -0.1) is 53.6 Å². The summed E-state index contributed by atoms with van der Waals surface area (Å²) in [6.45, 7) is 1.91. The molecule has 0 aliphatic rings. The molecule has 0 bridgehead atoms. The summed E-state index contributed by atoms with van der Waals surface area (Å²) in [5, 5.41) is 11.6. The van der Waals surface area contributed by atoms with Gasteiger partial charge in [0, 0.05) is 6.20 Å². The van der Waals surface area contributed by atoms with Crippen LogP contribution in [0.3, 0.4) is 0 Å². The molecule has 0 saturated carbocycles. The minimum atomic E-state index is 0. The van der Waals surface area contributed by atoms with Crippen molar-refractivity contribution < 1.29 is 20.1 Å². The van der Waals surface area contributed by atoms with Crippen LogP contribution in [0.4, 0.5) is 5.69 Å². The maximum absolute atomic E-state index is 9.45. The van der Waals surface area contributed by atoms with E-state index in [0.717, 1.165) is 45.2 Å². The van der Waals surface area contributed by atoms with Crippen LogP contribution in [0.15, 0.2) is 133 Å². The molecule has 0 aliphatic heterocycles. The summed E-state index contributed by atoms with van der Waals surface area (Å²) in [4.78, 5) is 13.1. The molecule has 194 valence electrons. The van der Waals surface area contributed by atoms with Gasteiger partial charge in [-0.2, -0.15) is 6.21 Å². The summed E-state index contributed by atoms with van der Waals surface area (Å²) < 4.78 is 0. The zero-order valence-corrected chi connectivity index (χ0v) is 24.2. The quantitative estimate of drug-likeness (QED) is 0.135. The smallest absolute Gasteiger partial charge is 0.810 e. The predicted molar refractivity (Wildman–Crippen MR) is 161 cm³/mol. The minimum Gasteiger partial charge on any atom is -0.810 e. The molecule has 2 heterocycles. The molecule has 40 heavy (non-hydrogen) atoms. The second-order valence-corrected chi connectivity index (χ2v) is 8.81. The Kier molecular flexibility index (Phi) is 9.95. The second kappa shape index (κ2) is 14.0. The van der Waals surface area contributed by atoms with Gasteiger partial charge in [-0.3, -0.25) is 0 Å². The second-order valence-electron chi connectivity index (χ2n) is 8.81. The van der Waals surface area contributed by atoms with Crippen LogP contribution in [0.2, 0.25) is 0 Å². The van der Waals surface area contributed by atoms with Crippen molar-refractivity contribution in [1.82, 2.24) is 9.97 Å². The number of rotatable bonds is 5. The van der Waals surface area contributed by atoms with E-state index in [9.17, 15) is 5.41 Å². The topological polar surface area (TPSA) is 60.4 Å². The van der Waals surface area contributed by atoms with E-state index in [4.69, 9.17) is 0 Å². The van der Waals surface area contributed by atoms with Gasteiger partial charge in [0.05, 0.1) is 5.69 Å². The number of hydrogen-bond donors (Lipinski definition) is 0. The van der Waals surface area contributed by atoms with E-state index in [-0.39, 0.29) is 20.1 Å². The maximum atomic E-state index is 9.45. The van der Waals surface area contributed by atoms with E-state index in [1.807, 2.05) is 98.0 Å². The van der Waals surface area contributed by atoms with Gasteiger partial charge in [-0.05, 0) is 57.1 Å². The van der Waals surface area contributed by atoms with E-state index >= 15 is 0 Å². The standard InChI is InChI=1S/C18H13N3.C17H12N.Ir/c1-13(16-7-4-8-20-12-16)21-18-10-15-6-3-2-5-14(15)9-17(18)11-19;1-3-7-14(8-4-1)16-11-12-18-17(13-16)15-9-5-2-6-10-15;/h2-6,8-12H,1H3;1-9,11-13H;/q-2;-1;+3. The summed E-state index contributed by atoms with van der Waals surface area (Å²) in [5.41, 5.74) is 7.43.